The van der Waals surface area contributed by atoms with E-state index in [1.54, 1.807) is 0 Å². The van der Waals surface area contributed by atoms with E-state index in [1.165, 1.54) is 70.3 Å². The molecule has 0 amide bonds. The first kappa shape index (κ1) is 20.3. The molecule has 0 heterocycles. The molecule has 3 rings (SSSR count). The van der Waals surface area contributed by atoms with Crippen LogP contribution in [0.3, 0.4) is 0 Å². The minimum Gasteiger partial charge on any atom is -0.284 e. The molecule has 0 nitrogen and oxygen atoms in total. The molecule has 2 aliphatic rings. The molecule has 2 aliphatic carbocycles. The fraction of sp³-hybridized carbons (Fsp3) is 0.714. The zero-order chi connectivity index (χ0) is 15.4. The third kappa shape index (κ3) is 6.01. The van der Waals surface area contributed by atoms with E-state index in [-0.39, 0.29) is 64.0 Å². The molecule has 2 heteroatoms. The molecule has 2 saturated carbocycles. The van der Waals surface area contributed by atoms with E-state index < -0.39 is 0 Å². The molecule has 1 aromatic rings. The maximum absolute atomic E-state index is 13.9. The van der Waals surface area contributed by atoms with Crippen molar-refractivity contribution in [1.29, 1.82) is 0 Å². The predicted molar refractivity (Wildman–Crippen MR) is 90.3 cm³/mol. The van der Waals surface area contributed by atoms with Crippen molar-refractivity contribution in [3.05, 3.63) is 35.6 Å². The molecule has 0 aromatic heterocycles. The quantitative estimate of drug-likeness (QED) is 0.695. The van der Waals surface area contributed by atoms with Crippen LogP contribution < -0.4 is 58.2 Å². The Morgan fingerprint density at radius 1 is 0.957 bits per heavy atom. The van der Waals surface area contributed by atoms with Crippen LogP contribution in [0.2, 0.25) is 0 Å². The summed E-state index contributed by atoms with van der Waals surface area (Å²) in [6.07, 6.45) is 13.6. The summed E-state index contributed by atoms with van der Waals surface area (Å²) >= 11 is 0. The van der Waals surface area contributed by atoms with Gasteiger partial charge in [0.2, 0.25) is 0 Å². The molecule has 1 aromatic carbocycles. The summed E-state index contributed by atoms with van der Waals surface area (Å²) < 4.78 is 13.9. The predicted octanol–water partition coefficient (Wildman–Crippen LogP) is 3.51. The third-order valence-electron chi connectivity index (χ3n) is 6.25. The van der Waals surface area contributed by atoms with Crippen LogP contribution in [0.5, 0.6) is 0 Å². The first-order valence-corrected chi connectivity index (χ1v) is 9.38. The van der Waals surface area contributed by atoms with Gasteiger partial charge in [-0.05, 0) is 49.4 Å². The minimum absolute atomic E-state index is 0. The maximum Gasteiger partial charge on any atom is 1.00 e. The summed E-state index contributed by atoms with van der Waals surface area (Å²) in [6.45, 7) is 2.40. The van der Waals surface area contributed by atoms with Crippen LogP contribution in [0.15, 0.2) is 18.2 Å². The van der Waals surface area contributed by atoms with Gasteiger partial charge in [-0.1, -0.05) is 45.4 Å². The van der Waals surface area contributed by atoms with Gasteiger partial charge in [-0.2, -0.15) is 18.2 Å². The van der Waals surface area contributed by atoms with Gasteiger partial charge < -0.3 is 0 Å². The Labute approximate surface area is 190 Å². The van der Waals surface area contributed by atoms with Crippen molar-refractivity contribution in [2.75, 3.05) is 0 Å². The average molecular weight is 387 g/mol. The van der Waals surface area contributed by atoms with Crippen molar-refractivity contribution in [3.63, 3.8) is 0 Å². The van der Waals surface area contributed by atoms with Gasteiger partial charge in [0.1, 0.15) is 0 Å². The van der Waals surface area contributed by atoms with Crippen molar-refractivity contribution in [1.82, 2.24) is 0 Å². The summed E-state index contributed by atoms with van der Waals surface area (Å²) in [7, 11) is 0. The van der Waals surface area contributed by atoms with Crippen LogP contribution in [0.4, 0.5) is 4.39 Å². The number of hydrogen-bond acceptors (Lipinski definition) is 0. The second-order valence-corrected chi connectivity index (χ2v) is 7.87. The number of rotatable bonds is 4. The van der Waals surface area contributed by atoms with Crippen molar-refractivity contribution in [2.24, 2.45) is 17.8 Å². The summed E-state index contributed by atoms with van der Waals surface area (Å²) in [5, 5.41) is 0. The van der Waals surface area contributed by atoms with Crippen molar-refractivity contribution < 1.29 is 62.6 Å². The van der Waals surface area contributed by atoms with Gasteiger partial charge >= 0.3 is 58.2 Å². The smallest absolute Gasteiger partial charge is 0.284 e. The number of hydrogen-bond donors (Lipinski definition) is 0. The second kappa shape index (κ2) is 10.2. The van der Waals surface area contributed by atoms with Crippen LogP contribution in [-0.2, 0) is 0 Å². The molecule has 0 bridgehead atoms. The monoisotopic (exact) mass is 386 g/mol. The van der Waals surface area contributed by atoms with Gasteiger partial charge in [-0.25, -0.2) is 0 Å². The molecule has 0 unspecified atom stereocenters. The maximum atomic E-state index is 13.9. The van der Waals surface area contributed by atoms with Crippen LogP contribution in [-0.4, -0.2) is 0 Å². The largest absolute Gasteiger partial charge is 1.00 e. The van der Waals surface area contributed by atoms with E-state index in [0.29, 0.717) is 5.92 Å². The minimum atomic E-state index is -0.0534. The van der Waals surface area contributed by atoms with Crippen molar-refractivity contribution in [3.8, 4) is 0 Å². The van der Waals surface area contributed by atoms with Gasteiger partial charge in [0, 0.05) is 5.82 Å². The second-order valence-electron chi connectivity index (χ2n) is 7.87. The molecule has 0 atom stereocenters. The fourth-order valence-corrected chi connectivity index (χ4v) is 4.60. The Bertz CT molecular complexity index is 457. The van der Waals surface area contributed by atoms with Crippen LogP contribution >= 0.6 is 0 Å². The zero-order valence-electron chi connectivity index (χ0n) is 15.0. The molecule has 0 saturated heterocycles. The molecule has 0 radical (unpaired) electrons. The SMILES string of the molecule is CC1CCC(CCC2CCC(c3cc[c-]cc3F)CC2)CC1.[Rb+]. The Balaban J connectivity index is 0.00000192. The number of halogens is 1. The normalized spacial score (nSPS) is 31.4. The topological polar surface area (TPSA) is 0 Å². The van der Waals surface area contributed by atoms with Gasteiger partial charge in [0.05, 0.1) is 0 Å². The Hall–Kier alpha value is 0.955. The third-order valence-corrected chi connectivity index (χ3v) is 6.25. The zero-order valence-corrected chi connectivity index (χ0v) is 19.9. The van der Waals surface area contributed by atoms with E-state index in [1.807, 2.05) is 12.1 Å². The van der Waals surface area contributed by atoms with E-state index in [0.717, 1.165) is 23.3 Å². The van der Waals surface area contributed by atoms with E-state index in [4.69, 9.17) is 0 Å². The molecule has 23 heavy (non-hydrogen) atoms. The van der Waals surface area contributed by atoms with Crippen LogP contribution in [0.1, 0.15) is 82.6 Å². The average Bonchev–Trinajstić information content (AvgIpc) is 2.55. The Morgan fingerprint density at radius 2 is 1.52 bits per heavy atom. The van der Waals surface area contributed by atoms with Crippen LogP contribution in [0.25, 0.3) is 0 Å². The number of benzene rings is 1. The van der Waals surface area contributed by atoms with E-state index >= 15 is 0 Å². The van der Waals surface area contributed by atoms with Gasteiger partial charge in [0.15, 0.2) is 0 Å². The first-order valence-electron chi connectivity index (χ1n) is 9.38. The van der Waals surface area contributed by atoms with Crippen molar-refractivity contribution >= 4 is 0 Å². The standard InChI is InChI=1S/C21H30F.Rb/c1-16-6-8-17(9-7-16)10-11-18-12-14-19(15-13-18)20-4-2-3-5-21(20)22;/h2,4-5,16-19H,6-15H2,1H3;/q-1;+1. The fourth-order valence-electron chi connectivity index (χ4n) is 4.60. The Kier molecular flexibility index (Phi) is 8.98. The van der Waals surface area contributed by atoms with E-state index in [2.05, 4.69) is 13.0 Å². The van der Waals surface area contributed by atoms with Gasteiger partial charge in [-0.15, -0.1) is 11.6 Å². The summed E-state index contributed by atoms with van der Waals surface area (Å²) in [6, 6.07) is 8.11. The summed E-state index contributed by atoms with van der Waals surface area (Å²) in [5.41, 5.74) is 0.929. The molecule has 0 N–H and O–H groups in total. The Morgan fingerprint density at radius 3 is 2.09 bits per heavy atom. The molecule has 0 spiro atoms. The van der Waals surface area contributed by atoms with Gasteiger partial charge in [-0.3, -0.25) is 4.39 Å². The molecule has 2 fully saturated rings. The summed E-state index contributed by atoms with van der Waals surface area (Å²) in [4.78, 5) is 0. The molecule has 122 valence electrons. The van der Waals surface area contributed by atoms with E-state index in [9.17, 15) is 4.39 Å². The molecular formula is C21H30FRb. The van der Waals surface area contributed by atoms with Crippen molar-refractivity contribution in [2.45, 2.75) is 77.0 Å². The van der Waals surface area contributed by atoms with Crippen LogP contribution in [0, 0.1) is 29.6 Å². The molecular weight excluding hydrogens is 357 g/mol. The molecule has 0 aliphatic heterocycles. The summed E-state index contributed by atoms with van der Waals surface area (Å²) in [5.74, 6) is 3.25. The first-order chi connectivity index (χ1) is 10.7. The van der Waals surface area contributed by atoms with Gasteiger partial charge in [0.25, 0.3) is 0 Å².